The lowest BCUT2D eigenvalue weighted by Crippen LogP contribution is -2.32. The summed E-state index contributed by atoms with van der Waals surface area (Å²) in [5.41, 5.74) is 7.41. The zero-order valence-corrected chi connectivity index (χ0v) is 15.3. The molecule has 0 saturated heterocycles. The average Bonchev–Trinajstić information content (AvgIpc) is 3.18. The van der Waals surface area contributed by atoms with E-state index in [4.69, 9.17) is 10.2 Å². The van der Waals surface area contributed by atoms with Gasteiger partial charge in [-0.2, -0.15) is 0 Å². The Hall–Kier alpha value is -2.76. The summed E-state index contributed by atoms with van der Waals surface area (Å²) in [5, 5.41) is 5.96. The molecule has 1 amide bonds. The molecule has 0 saturated carbocycles. The van der Waals surface area contributed by atoms with Gasteiger partial charge in [0.05, 0.1) is 19.4 Å². The number of nitrogens with zero attached hydrogens (tertiary/aromatic N) is 1. The Morgan fingerprint density at radius 2 is 2.04 bits per heavy atom. The third kappa shape index (κ3) is 7.01. The molecule has 0 atom stereocenters. The highest BCUT2D eigenvalue weighted by Crippen LogP contribution is 2.08. The van der Waals surface area contributed by atoms with E-state index >= 15 is 0 Å². The molecule has 0 aliphatic heterocycles. The van der Waals surface area contributed by atoms with Gasteiger partial charge < -0.3 is 20.8 Å². The fraction of sp³-hybridized carbons (Fsp3) is 0.400. The molecule has 0 fully saturated rings. The fourth-order valence-electron chi connectivity index (χ4n) is 2.49. The number of hydrogen-bond acceptors (Lipinski definition) is 3. The lowest BCUT2D eigenvalue weighted by atomic mass is 10.1. The van der Waals surface area contributed by atoms with Crippen LogP contribution < -0.4 is 16.4 Å². The van der Waals surface area contributed by atoms with Crippen LogP contribution in [0.25, 0.3) is 0 Å². The summed E-state index contributed by atoms with van der Waals surface area (Å²) in [7, 11) is 0. The van der Waals surface area contributed by atoms with Crippen LogP contribution in [-0.4, -0.2) is 18.4 Å². The van der Waals surface area contributed by atoms with Crippen molar-refractivity contribution in [3.05, 3.63) is 59.5 Å². The number of nitrogens with one attached hydrogen (secondary N) is 2. The number of unbranched alkanes of at least 4 members (excludes halogenated alkanes) is 3. The molecule has 4 N–H and O–H groups in total. The standard InChI is InChI=1S/C20H28N4O2/c1-2-3-4-5-11-22-20(21)24-14-16-8-6-9-17(13-16)19(25)23-15-18-10-7-12-26-18/h6-10,12-13H,2-5,11,14-15H2,1H3,(H,23,25)(H3,21,22,24). The van der Waals surface area contributed by atoms with E-state index < -0.39 is 0 Å². The molecule has 1 aromatic heterocycles. The summed E-state index contributed by atoms with van der Waals surface area (Å²) in [4.78, 5) is 16.6. The quantitative estimate of drug-likeness (QED) is 0.346. The molecule has 2 rings (SSSR count). The van der Waals surface area contributed by atoms with Crippen molar-refractivity contribution in [2.45, 2.75) is 45.7 Å². The van der Waals surface area contributed by atoms with Crippen LogP contribution in [0.2, 0.25) is 0 Å². The number of nitrogens with two attached hydrogens (primary N) is 1. The first kappa shape index (κ1) is 19.6. The van der Waals surface area contributed by atoms with Crippen LogP contribution in [0.15, 0.2) is 52.1 Å². The van der Waals surface area contributed by atoms with Crippen molar-refractivity contribution in [3.63, 3.8) is 0 Å². The molecule has 6 nitrogen and oxygen atoms in total. The van der Waals surface area contributed by atoms with Gasteiger partial charge in [0.15, 0.2) is 5.96 Å². The maximum atomic E-state index is 12.2. The summed E-state index contributed by atoms with van der Waals surface area (Å²) in [6, 6.07) is 11.0. The van der Waals surface area contributed by atoms with E-state index in [1.807, 2.05) is 24.3 Å². The zero-order chi connectivity index (χ0) is 18.6. The molecule has 1 aromatic carbocycles. The van der Waals surface area contributed by atoms with Gasteiger partial charge in [-0.1, -0.05) is 38.3 Å². The molecule has 140 valence electrons. The summed E-state index contributed by atoms with van der Waals surface area (Å²) < 4.78 is 5.21. The summed E-state index contributed by atoms with van der Waals surface area (Å²) in [6.45, 7) is 3.83. The van der Waals surface area contributed by atoms with Crippen LogP contribution >= 0.6 is 0 Å². The molecule has 0 aliphatic carbocycles. The van der Waals surface area contributed by atoms with Gasteiger partial charge >= 0.3 is 0 Å². The van der Waals surface area contributed by atoms with Gasteiger partial charge in [0.1, 0.15) is 5.76 Å². The monoisotopic (exact) mass is 356 g/mol. The van der Waals surface area contributed by atoms with E-state index in [9.17, 15) is 4.79 Å². The molecule has 26 heavy (non-hydrogen) atoms. The molecule has 0 radical (unpaired) electrons. The summed E-state index contributed by atoms with van der Waals surface area (Å²) >= 11 is 0. The van der Waals surface area contributed by atoms with Crippen LogP contribution in [0.4, 0.5) is 0 Å². The Morgan fingerprint density at radius 1 is 1.15 bits per heavy atom. The average molecular weight is 356 g/mol. The highest BCUT2D eigenvalue weighted by atomic mass is 16.3. The molecular formula is C20H28N4O2. The first-order chi connectivity index (χ1) is 12.7. The van der Waals surface area contributed by atoms with Crippen molar-refractivity contribution in [2.75, 3.05) is 6.54 Å². The maximum Gasteiger partial charge on any atom is 0.251 e. The Kier molecular flexibility index (Phi) is 8.26. The van der Waals surface area contributed by atoms with E-state index in [1.165, 1.54) is 19.3 Å². The van der Waals surface area contributed by atoms with Crippen molar-refractivity contribution >= 4 is 11.9 Å². The predicted octanol–water partition coefficient (Wildman–Crippen LogP) is 3.19. The Bertz CT molecular complexity index is 696. The van der Waals surface area contributed by atoms with E-state index in [-0.39, 0.29) is 5.91 Å². The Labute approximate surface area is 154 Å². The predicted molar refractivity (Wildman–Crippen MR) is 104 cm³/mol. The second kappa shape index (κ2) is 11.0. The van der Waals surface area contributed by atoms with Crippen molar-refractivity contribution in [1.82, 2.24) is 10.6 Å². The van der Waals surface area contributed by atoms with Crippen molar-refractivity contribution < 1.29 is 9.21 Å². The molecule has 0 unspecified atom stereocenters. The first-order valence-corrected chi connectivity index (χ1v) is 9.12. The van der Waals surface area contributed by atoms with Gasteiger partial charge in [0, 0.05) is 12.1 Å². The largest absolute Gasteiger partial charge is 0.467 e. The molecular weight excluding hydrogens is 328 g/mol. The zero-order valence-electron chi connectivity index (χ0n) is 15.3. The fourth-order valence-corrected chi connectivity index (χ4v) is 2.49. The molecule has 0 spiro atoms. The van der Waals surface area contributed by atoms with Crippen LogP contribution in [0, 0.1) is 0 Å². The molecule has 0 bridgehead atoms. The van der Waals surface area contributed by atoms with Crippen LogP contribution in [-0.2, 0) is 13.1 Å². The van der Waals surface area contributed by atoms with E-state index in [1.54, 1.807) is 18.4 Å². The molecule has 6 heteroatoms. The summed E-state index contributed by atoms with van der Waals surface area (Å²) in [6.07, 6.45) is 6.34. The van der Waals surface area contributed by atoms with Gasteiger partial charge in [-0.05, 0) is 36.2 Å². The normalized spacial score (nSPS) is 11.3. The number of rotatable bonds is 10. The van der Waals surface area contributed by atoms with Crippen molar-refractivity contribution in [2.24, 2.45) is 10.7 Å². The number of aliphatic imine (C=N–C) groups is 1. The van der Waals surface area contributed by atoms with Crippen LogP contribution in [0.3, 0.4) is 0 Å². The van der Waals surface area contributed by atoms with E-state index in [0.29, 0.717) is 24.6 Å². The number of carbonyl (C=O) groups is 1. The van der Waals surface area contributed by atoms with Crippen LogP contribution in [0.1, 0.15) is 54.3 Å². The highest BCUT2D eigenvalue weighted by Gasteiger charge is 2.07. The Morgan fingerprint density at radius 3 is 2.81 bits per heavy atom. The second-order valence-corrected chi connectivity index (χ2v) is 6.15. The minimum atomic E-state index is -0.144. The summed E-state index contributed by atoms with van der Waals surface area (Å²) in [5.74, 6) is 1.01. The van der Waals surface area contributed by atoms with Gasteiger partial charge in [-0.25, -0.2) is 4.99 Å². The molecule has 0 aliphatic rings. The van der Waals surface area contributed by atoms with E-state index in [2.05, 4.69) is 22.5 Å². The SMILES string of the molecule is CCCCCCNC(N)=NCc1cccc(C(=O)NCc2ccco2)c1. The maximum absolute atomic E-state index is 12.2. The Balaban J connectivity index is 1.80. The van der Waals surface area contributed by atoms with Crippen molar-refractivity contribution in [3.8, 4) is 0 Å². The third-order valence-electron chi connectivity index (χ3n) is 3.96. The van der Waals surface area contributed by atoms with Gasteiger partial charge in [-0.15, -0.1) is 0 Å². The number of furan rings is 1. The van der Waals surface area contributed by atoms with E-state index in [0.717, 1.165) is 24.3 Å². The number of guanidine groups is 1. The number of benzene rings is 1. The van der Waals surface area contributed by atoms with Crippen LogP contribution in [0.5, 0.6) is 0 Å². The highest BCUT2D eigenvalue weighted by molar-refractivity contribution is 5.94. The molecule has 2 aromatic rings. The third-order valence-corrected chi connectivity index (χ3v) is 3.96. The van der Waals surface area contributed by atoms with Gasteiger partial charge in [0.2, 0.25) is 0 Å². The van der Waals surface area contributed by atoms with Gasteiger partial charge in [0.25, 0.3) is 5.91 Å². The number of carbonyl (C=O) groups excluding carboxylic acids is 1. The number of hydrogen-bond donors (Lipinski definition) is 3. The first-order valence-electron chi connectivity index (χ1n) is 9.12. The molecule has 1 heterocycles. The minimum Gasteiger partial charge on any atom is -0.467 e. The smallest absolute Gasteiger partial charge is 0.251 e. The number of amides is 1. The van der Waals surface area contributed by atoms with Gasteiger partial charge in [-0.3, -0.25) is 4.79 Å². The van der Waals surface area contributed by atoms with Crippen molar-refractivity contribution in [1.29, 1.82) is 0 Å². The lowest BCUT2D eigenvalue weighted by molar-refractivity contribution is 0.0948. The lowest BCUT2D eigenvalue weighted by Gasteiger charge is -2.07. The minimum absolute atomic E-state index is 0.144. The topological polar surface area (TPSA) is 92.6 Å². The second-order valence-electron chi connectivity index (χ2n) is 6.15.